The number of amides is 2. The Morgan fingerprint density at radius 2 is 1.91 bits per heavy atom. The van der Waals surface area contributed by atoms with Crippen LogP contribution in [-0.2, 0) is 6.42 Å². The van der Waals surface area contributed by atoms with E-state index in [0.717, 1.165) is 12.2 Å². The molecule has 2 rings (SSSR count). The predicted octanol–water partition coefficient (Wildman–Crippen LogP) is 3.17. The van der Waals surface area contributed by atoms with Crippen LogP contribution in [0.15, 0.2) is 48.5 Å². The van der Waals surface area contributed by atoms with Crippen molar-refractivity contribution >= 4 is 11.7 Å². The molecule has 0 saturated heterocycles. The molecule has 0 aliphatic heterocycles. The third-order valence-electron chi connectivity index (χ3n) is 3.05. The van der Waals surface area contributed by atoms with Crippen LogP contribution in [0.4, 0.5) is 10.5 Å². The number of anilines is 1. The van der Waals surface area contributed by atoms with Crippen molar-refractivity contribution in [1.29, 1.82) is 0 Å². The molecule has 4 heteroatoms. The van der Waals surface area contributed by atoms with E-state index in [9.17, 15) is 4.79 Å². The van der Waals surface area contributed by atoms with Crippen LogP contribution in [0.2, 0.25) is 0 Å². The fraction of sp³-hybridized carbons (Fsp3) is 0.167. The molecule has 2 aromatic rings. The molecule has 0 aliphatic rings. The number of nitrogens with one attached hydrogen (secondary N) is 1. The molecular weight excluding hydrogens is 276 g/mol. The molecule has 0 bridgehead atoms. The lowest BCUT2D eigenvalue weighted by atomic mass is 10.2. The van der Waals surface area contributed by atoms with Crippen molar-refractivity contribution in [2.45, 2.75) is 13.3 Å². The molecule has 22 heavy (non-hydrogen) atoms. The first-order chi connectivity index (χ1) is 10.7. The van der Waals surface area contributed by atoms with E-state index in [1.54, 1.807) is 6.07 Å². The van der Waals surface area contributed by atoms with E-state index in [1.165, 1.54) is 5.56 Å². The molecule has 0 radical (unpaired) electrons. The number of urea groups is 1. The van der Waals surface area contributed by atoms with Crippen LogP contribution in [-0.4, -0.2) is 12.6 Å². The number of hydrogen-bond donors (Lipinski definition) is 2. The van der Waals surface area contributed by atoms with Crippen LogP contribution in [0.5, 0.6) is 5.75 Å². The normalized spacial score (nSPS) is 9.50. The zero-order valence-corrected chi connectivity index (χ0v) is 12.4. The van der Waals surface area contributed by atoms with Gasteiger partial charge < -0.3 is 15.8 Å². The number of carbonyl (C=O) groups is 1. The third-order valence-corrected chi connectivity index (χ3v) is 3.05. The summed E-state index contributed by atoms with van der Waals surface area (Å²) in [5, 5.41) is 2.54. The zero-order chi connectivity index (χ0) is 15.8. The third kappa shape index (κ3) is 4.57. The Balaban J connectivity index is 1.97. The zero-order valence-electron chi connectivity index (χ0n) is 12.4. The van der Waals surface area contributed by atoms with Gasteiger partial charge >= 0.3 is 6.03 Å². The molecule has 0 spiro atoms. The van der Waals surface area contributed by atoms with Gasteiger partial charge in [-0.25, -0.2) is 4.79 Å². The average molecular weight is 294 g/mol. The second-order valence-electron chi connectivity index (χ2n) is 4.62. The number of rotatable bonds is 4. The van der Waals surface area contributed by atoms with Gasteiger partial charge in [0.2, 0.25) is 0 Å². The number of nitrogens with two attached hydrogens (primary N) is 1. The first kappa shape index (κ1) is 15.5. The highest BCUT2D eigenvalue weighted by molar-refractivity contribution is 5.89. The maximum Gasteiger partial charge on any atom is 0.316 e. The smallest absolute Gasteiger partial charge is 0.316 e. The van der Waals surface area contributed by atoms with Gasteiger partial charge in [-0.2, -0.15) is 0 Å². The SMILES string of the molecule is CCc1ccc(OCC#Cc2ccccc2NC(N)=O)cc1. The molecule has 4 nitrogen and oxygen atoms in total. The predicted molar refractivity (Wildman–Crippen MR) is 87.8 cm³/mol. The van der Waals surface area contributed by atoms with Gasteiger partial charge in [0, 0.05) is 5.56 Å². The lowest BCUT2D eigenvalue weighted by molar-refractivity contribution is 0.259. The Labute approximate surface area is 130 Å². The number of para-hydroxylation sites is 1. The highest BCUT2D eigenvalue weighted by Crippen LogP contribution is 2.14. The van der Waals surface area contributed by atoms with Crippen LogP contribution in [0.3, 0.4) is 0 Å². The second-order valence-corrected chi connectivity index (χ2v) is 4.62. The summed E-state index contributed by atoms with van der Waals surface area (Å²) < 4.78 is 5.56. The summed E-state index contributed by atoms with van der Waals surface area (Å²) in [5.74, 6) is 6.68. The quantitative estimate of drug-likeness (QED) is 0.851. The van der Waals surface area contributed by atoms with E-state index >= 15 is 0 Å². The first-order valence-electron chi connectivity index (χ1n) is 7.05. The molecule has 0 unspecified atom stereocenters. The van der Waals surface area contributed by atoms with Crippen molar-refractivity contribution in [3.63, 3.8) is 0 Å². The number of ether oxygens (including phenoxy) is 1. The highest BCUT2D eigenvalue weighted by Gasteiger charge is 2.00. The van der Waals surface area contributed by atoms with Crippen LogP contribution in [0, 0.1) is 11.8 Å². The molecular formula is C18H18N2O2. The minimum atomic E-state index is -0.610. The minimum absolute atomic E-state index is 0.274. The van der Waals surface area contributed by atoms with Crippen LogP contribution in [0.25, 0.3) is 0 Å². The Morgan fingerprint density at radius 1 is 1.18 bits per heavy atom. The summed E-state index contributed by atoms with van der Waals surface area (Å²) in [6, 6.07) is 14.5. The van der Waals surface area contributed by atoms with Crippen molar-refractivity contribution in [3.8, 4) is 17.6 Å². The van der Waals surface area contributed by atoms with E-state index in [-0.39, 0.29) is 6.61 Å². The van der Waals surface area contributed by atoms with Gasteiger partial charge in [0.15, 0.2) is 0 Å². The van der Waals surface area contributed by atoms with Crippen molar-refractivity contribution in [2.24, 2.45) is 5.73 Å². The maximum atomic E-state index is 10.9. The van der Waals surface area contributed by atoms with Gasteiger partial charge in [-0.05, 0) is 36.2 Å². The molecule has 0 heterocycles. The summed E-state index contributed by atoms with van der Waals surface area (Å²) in [7, 11) is 0. The van der Waals surface area contributed by atoms with E-state index in [0.29, 0.717) is 11.3 Å². The highest BCUT2D eigenvalue weighted by atomic mass is 16.5. The van der Waals surface area contributed by atoms with Crippen molar-refractivity contribution in [1.82, 2.24) is 0 Å². The largest absolute Gasteiger partial charge is 0.481 e. The van der Waals surface area contributed by atoms with Gasteiger partial charge in [0.05, 0.1) is 5.69 Å². The molecule has 112 valence electrons. The monoisotopic (exact) mass is 294 g/mol. The van der Waals surface area contributed by atoms with Crippen LogP contribution < -0.4 is 15.8 Å². The summed E-state index contributed by atoms with van der Waals surface area (Å²) in [6.07, 6.45) is 1.00. The van der Waals surface area contributed by atoms with Gasteiger partial charge in [-0.3, -0.25) is 0 Å². The Morgan fingerprint density at radius 3 is 2.59 bits per heavy atom. The fourth-order valence-corrected chi connectivity index (χ4v) is 1.91. The van der Waals surface area contributed by atoms with E-state index in [4.69, 9.17) is 10.5 Å². The summed E-state index contributed by atoms with van der Waals surface area (Å²) in [5.41, 5.74) is 7.69. The minimum Gasteiger partial charge on any atom is -0.481 e. The molecule has 0 fully saturated rings. The van der Waals surface area contributed by atoms with E-state index in [2.05, 4.69) is 24.1 Å². The number of carbonyl (C=O) groups excluding carboxylic acids is 1. The summed E-state index contributed by atoms with van der Waals surface area (Å²) >= 11 is 0. The number of benzene rings is 2. The molecule has 0 atom stereocenters. The Bertz CT molecular complexity index is 697. The van der Waals surface area contributed by atoms with E-state index in [1.807, 2.05) is 42.5 Å². The molecule has 0 aliphatic carbocycles. The van der Waals surface area contributed by atoms with Gasteiger partial charge in [0.25, 0.3) is 0 Å². The average Bonchev–Trinajstić information content (AvgIpc) is 2.53. The number of primary amides is 1. The van der Waals surface area contributed by atoms with Crippen LogP contribution >= 0.6 is 0 Å². The fourth-order valence-electron chi connectivity index (χ4n) is 1.91. The second kappa shape index (κ2) is 7.75. The first-order valence-corrected chi connectivity index (χ1v) is 7.05. The number of aryl methyl sites for hydroxylation is 1. The lowest BCUT2D eigenvalue weighted by Crippen LogP contribution is -2.19. The molecule has 2 amide bonds. The standard InChI is InChI=1S/C18H18N2O2/c1-2-14-9-11-16(12-10-14)22-13-5-7-15-6-3-4-8-17(15)20-18(19)21/h3-4,6,8-12H,2,13H2,1H3,(H3,19,20,21). The summed E-state index contributed by atoms with van der Waals surface area (Å²) in [6.45, 7) is 2.38. The van der Waals surface area contributed by atoms with Crippen LogP contribution in [0.1, 0.15) is 18.1 Å². The lowest BCUT2D eigenvalue weighted by Gasteiger charge is -2.04. The Kier molecular flexibility index (Phi) is 5.44. The van der Waals surface area contributed by atoms with Crippen molar-refractivity contribution in [2.75, 3.05) is 11.9 Å². The van der Waals surface area contributed by atoms with Gasteiger partial charge in [-0.15, -0.1) is 0 Å². The van der Waals surface area contributed by atoms with Gasteiger partial charge in [0.1, 0.15) is 12.4 Å². The van der Waals surface area contributed by atoms with Gasteiger partial charge in [-0.1, -0.05) is 43.0 Å². The molecule has 0 aromatic heterocycles. The van der Waals surface area contributed by atoms with E-state index < -0.39 is 6.03 Å². The Hall–Kier alpha value is -2.93. The number of hydrogen-bond acceptors (Lipinski definition) is 2. The maximum absolute atomic E-state index is 10.9. The van der Waals surface area contributed by atoms with Crippen molar-refractivity contribution < 1.29 is 9.53 Å². The summed E-state index contributed by atoms with van der Waals surface area (Å²) in [4.78, 5) is 10.9. The molecule has 0 saturated carbocycles. The molecule has 2 aromatic carbocycles. The molecule has 3 N–H and O–H groups in total. The van der Waals surface area contributed by atoms with Crippen molar-refractivity contribution in [3.05, 3.63) is 59.7 Å². The topological polar surface area (TPSA) is 64.3 Å².